The van der Waals surface area contributed by atoms with Crippen LogP contribution in [0.3, 0.4) is 0 Å². The molecule has 0 aliphatic carbocycles. The highest BCUT2D eigenvalue weighted by Gasteiger charge is 2.06. The average molecular weight is 378 g/mol. The maximum Gasteiger partial charge on any atom is 0.244 e. The third kappa shape index (κ3) is 4.76. The number of aromatic nitrogens is 3. The van der Waals surface area contributed by atoms with E-state index in [0.29, 0.717) is 31.1 Å². The van der Waals surface area contributed by atoms with Gasteiger partial charge in [0, 0.05) is 25.2 Å². The third-order valence-electron chi connectivity index (χ3n) is 4.00. The molecular formula is C21H22N4O3. The normalized spacial score (nSPS) is 10.9. The summed E-state index contributed by atoms with van der Waals surface area (Å²) in [7, 11) is 1.57. The highest BCUT2D eigenvalue weighted by molar-refractivity contribution is 5.91. The second kappa shape index (κ2) is 9.36. The van der Waals surface area contributed by atoms with Crippen LogP contribution in [0.4, 0.5) is 0 Å². The first-order valence-corrected chi connectivity index (χ1v) is 8.87. The number of rotatable bonds is 9. The highest BCUT2D eigenvalue weighted by Crippen LogP contribution is 2.28. The lowest BCUT2D eigenvalue weighted by Crippen LogP contribution is -2.24. The predicted molar refractivity (Wildman–Crippen MR) is 107 cm³/mol. The molecule has 0 fully saturated rings. The summed E-state index contributed by atoms with van der Waals surface area (Å²) in [5, 5.41) is 11.1. The van der Waals surface area contributed by atoms with Crippen molar-refractivity contribution < 1.29 is 14.3 Å². The number of benzene rings is 1. The van der Waals surface area contributed by atoms with Crippen LogP contribution in [-0.2, 0) is 11.2 Å². The van der Waals surface area contributed by atoms with Gasteiger partial charge in [0.15, 0.2) is 17.1 Å². The molecule has 2 heterocycles. The van der Waals surface area contributed by atoms with E-state index in [2.05, 4.69) is 22.1 Å². The van der Waals surface area contributed by atoms with Crippen LogP contribution in [0.25, 0.3) is 11.7 Å². The van der Waals surface area contributed by atoms with Crippen molar-refractivity contribution in [2.24, 2.45) is 0 Å². The number of hydrogen-bond donors (Lipinski definition) is 1. The van der Waals surface area contributed by atoms with Gasteiger partial charge in [0.2, 0.25) is 5.91 Å². The maximum absolute atomic E-state index is 12.1. The van der Waals surface area contributed by atoms with E-state index in [0.717, 1.165) is 17.0 Å². The topological polar surface area (TPSA) is 77.8 Å². The number of fused-ring (bicyclic) bond motifs is 1. The number of ether oxygens (including phenoxy) is 2. The van der Waals surface area contributed by atoms with E-state index in [9.17, 15) is 4.79 Å². The first kappa shape index (κ1) is 19.2. The maximum atomic E-state index is 12.1. The summed E-state index contributed by atoms with van der Waals surface area (Å²) in [4.78, 5) is 12.1. The second-order valence-electron chi connectivity index (χ2n) is 5.93. The van der Waals surface area contributed by atoms with Gasteiger partial charge in [-0.05, 0) is 35.9 Å². The minimum atomic E-state index is -0.181. The quantitative estimate of drug-likeness (QED) is 0.458. The van der Waals surface area contributed by atoms with E-state index in [1.165, 1.54) is 6.08 Å². The summed E-state index contributed by atoms with van der Waals surface area (Å²) < 4.78 is 12.7. The molecule has 28 heavy (non-hydrogen) atoms. The molecular weight excluding hydrogens is 356 g/mol. The third-order valence-corrected chi connectivity index (χ3v) is 4.00. The van der Waals surface area contributed by atoms with E-state index >= 15 is 0 Å². The summed E-state index contributed by atoms with van der Waals surface area (Å²) in [5.41, 5.74) is 1.62. The molecule has 7 nitrogen and oxygen atoms in total. The van der Waals surface area contributed by atoms with Gasteiger partial charge in [0.1, 0.15) is 12.4 Å². The summed E-state index contributed by atoms with van der Waals surface area (Å²) in [6.45, 7) is 4.49. The molecule has 1 aromatic carbocycles. The number of amides is 1. The van der Waals surface area contributed by atoms with Crippen molar-refractivity contribution >= 4 is 17.6 Å². The number of pyridine rings is 1. The lowest BCUT2D eigenvalue weighted by molar-refractivity contribution is -0.116. The minimum absolute atomic E-state index is 0.181. The van der Waals surface area contributed by atoms with Crippen LogP contribution in [0, 0.1) is 0 Å². The molecule has 0 unspecified atom stereocenters. The number of nitrogens with one attached hydrogen (secondary N) is 1. The van der Waals surface area contributed by atoms with Crippen molar-refractivity contribution in [1.82, 2.24) is 19.9 Å². The lowest BCUT2D eigenvalue weighted by Gasteiger charge is -2.09. The van der Waals surface area contributed by atoms with Crippen LogP contribution in [0.1, 0.15) is 11.4 Å². The Labute approximate surface area is 163 Å². The SMILES string of the molecule is C=CCOc1ccc(C=CC(=O)NCCc2nnc3ccccn23)cc1OC. The molecule has 2 aromatic heterocycles. The fourth-order valence-electron chi connectivity index (χ4n) is 2.65. The van der Waals surface area contributed by atoms with Crippen LogP contribution >= 0.6 is 0 Å². The van der Waals surface area contributed by atoms with Gasteiger partial charge in [-0.15, -0.1) is 10.2 Å². The fraction of sp³-hybridized carbons (Fsp3) is 0.190. The van der Waals surface area contributed by atoms with Gasteiger partial charge in [0.25, 0.3) is 0 Å². The highest BCUT2D eigenvalue weighted by atomic mass is 16.5. The number of nitrogens with zero attached hydrogens (tertiary/aromatic N) is 3. The van der Waals surface area contributed by atoms with Crippen LogP contribution in [0.2, 0.25) is 0 Å². The zero-order valence-electron chi connectivity index (χ0n) is 15.7. The van der Waals surface area contributed by atoms with Crippen molar-refractivity contribution in [1.29, 1.82) is 0 Å². The van der Waals surface area contributed by atoms with Crippen molar-refractivity contribution in [2.75, 3.05) is 20.3 Å². The van der Waals surface area contributed by atoms with Gasteiger partial charge >= 0.3 is 0 Å². The van der Waals surface area contributed by atoms with Gasteiger partial charge in [-0.25, -0.2) is 0 Å². The largest absolute Gasteiger partial charge is 0.493 e. The number of carbonyl (C=O) groups is 1. The molecule has 0 atom stereocenters. The molecule has 3 rings (SSSR count). The summed E-state index contributed by atoms with van der Waals surface area (Å²) in [6, 6.07) is 11.2. The summed E-state index contributed by atoms with van der Waals surface area (Å²) in [6.07, 6.45) is 7.37. The molecule has 144 valence electrons. The smallest absolute Gasteiger partial charge is 0.244 e. The Morgan fingerprint density at radius 3 is 2.96 bits per heavy atom. The average Bonchev–Trinajstić information content (AvgIpc) is 3.14. The first-order chi connectivity index (χ1) is 13.7. The van der Waals surface area contributed by atoms with Crippen LogP contribution in [-0.4, -0.2) is 40.8 Å². The molecule has 0 saturated heterocycles. The van der Waals surface area contributed by atoms with Crippen LogP contribution < -0.4 is 14.8 Å². The lowest BCUT2D eigenvalue weighted by atomic mass is 10.2. The van der Waals surface area contributed by atoms with E-state index in [-0.39, 0.29) is 5.91 Å². The predicted octanol–water partition coefficient (Wildman–Crippen LogP) is 2.67. The molecule has 0 saturated carbocycles. The van der Waals surface area contributed by atoms with Crippen LogP contribution in [0.5, 0.6) is 11.5 Å². The molecule has 1 N–H and O–H groups in total. The van der Waals surface area contributed by atoms with Crippen molar-refractivity contribution in [3.8, 4) is 11.5 Å². The van der Waals surface area contributed by atoms with E-state index < -0.39 is 0 Å². The Kier molecular flexibility index (Phi) is 6.41. The minimum Gasteiger partial charge on any atom is -0.493 e. The molecule has 0 aliphatic rings. The summed E-state index contributed by atoms with van der Waals surface area (Å²) >= 11 is 0. The molecule has 3 aromatic rings. The molecule has 0 spiro atoms. The number of carbonyl (C=O) groups excluding carboxylic acids is 1. The molecule has 0 aliphatic heterocycles. The molecule has 0 radical (unpaired) electrons. The van der Waals surface area contributed by atoms with E-state index in [1.54, 1.807) is 25.3 Å². The second-order valence-corrected chi connectivity index (χ2v) is 5.93. The van der Waals surface area contributed by atoms with Gasteiger partial charge < -0.3 is 14.8 Å². The standard InChI is InChI=1S/C21H22N4O3/c1-3-14-28-17-9-7-16(15-18(17)27-2)8-10-21(26)22-12-11-20-24-23-19-6-4-5-13-25(19)20/h3-10,13,15H,1,11-12,14H2,2H3,(H,22,26). The monoisotopic (exact) mass is 378 g/mol. The Hall–Kier alpha value is -3.61. The fourth-order valence-corrected chi connectivity index (χ4v) is 2.65. The van der Waals surface area contributed by atoms with Crippen LogP contribution in [0.15, 0.2) is 61.3 Å². The Morgan fingerprint density at radius 1 is 1.25 bits per heavy atom. The first-order valence-electron chi connectivity index (χ1n) is 8.87. The zero-order valence-corrected chi connectivity index (χ0v) is 15.7. The Balaban J connectivity index is 1.54. The van der Waals surface area contributed by atoms with Gasteiger partial charge in [0.05, 0.1) is 7.11 Å². The van der Waals surface area contributed by atoms with Gasteiger partial charge in [-0.1, -0.05) is 24.8 Å². The van der Waals surface area contributed by atoms with Crippen molar-refractivity contribution in [3.63, 3.8) is 0 Å². The molecule has 0 bridgehead atoms. The van der Waals surface area contributed by atoms with E-state index in [4.69, 9.17) is 9.47 Å². The Morgan fingerprint density at radius 2 is 2.14 bits per heavy atom. The van der Waals surface area contributed by atoms with Gasteiger partial charge in [-0.3, -0.25) is 9.20 Å². The van der Waals surface area contributed by atoms with Crippen molar-refractivity contribution in [3.05, 3.63) is 72.7 Å². The van der Waals surface area contributed by atoms with Gasteiger partial charge in [-0.2, -0.15) is 0 Å². The van der Waals surface area contributed by atoms with E-state index in [1.807, 2.05) is 40.9 Å². The number of methoxy groups -OCH3 is 1. The molecule has 7 heteroatoms. The van der Waals surface area contributed by atoms with Crippen molar-refractivity contribution in [2.45, 2.75) is 6.42 Å². The Bertz CT molecular complexity index is 994. The summed E-state index contributed by atoms with van der Waals surface area (Å²) in [5.74, 6) is 1.85. The number of hydrogen-bond acceptors (Lipinski definition) is 5. The zero-order chi connectivity index (χ0) is 19.8. The molecule has 1 amide bonds.